The van der Waals surface area contributed by atoms with Crippen LogP contribution in [0.25, 0.3) is 10.8 Å². The predicted molar refractivity (Wildman–Crippen MR) is 107 cm³/mol. The molecule has 0 bridgehead atoms. The third-order valence-electron chi connectivity index (χ3n) is 4.18. The number of benzene rings is 1. The Morgan fingerprint density at radius 2 is 2.08 bits per heavy atom. The third kappa shape index (κ3) is 4.57. The van der Waals surface area contributed by atoms with E-state index in [9.17, 15) is 0 Å². The summed E-state index contributed by atoms with van der Waals surface area (Å²) in [4.78, 5) is 9.24. The first kappa shape index (κ1) is 17.4. The molecule has 25 heavy (non-hydrogen) atoms. The van der Waals surface area contributed by atoms with Crippen LogP contribution < -0.4 is 10.6 Å². The zero-order chi connectivity index (χ0) is 17.5. The van der Waals surface area contributed by atoms with Crippen LogP contribution in [-0.4, -0.2) is 24.0 Å². The fraction of sp³-hybridized carbons (Fsp3) is 0.300. The Labute approximate surface area is 153 Å². The summed E-state index contributed by atoms with van der Waals surface area (Å²) in [7, 11) is 0. The molecule has 0 aliphatic heterocycles. The van der Waals surface area contributed by atoms with Crippen LogP contribution in [0.5, 0.6) is 0 Å². The van der Waals surface area contributed by atoms with Gasteiger partial charge in [0.2, 0.25) is 0 Å². The fourth-order valence-corrected chi connectivity index (χ4v) is 3.51. The number of thiophene rings is 1. The van der Waals surface area contributed by atoms with E-state index in [0.717, 1.165) is 30.1 Å². The minimum atomic E-state index is 0.450. The zero-order valence-corrected chi connectivity index (χ0v) is 15.5. The molecule has 3 aromatic rings. The Morgan fingerprint density at radius 1 is 1.20 bits per heavy atom. The average molecular weight is 353 g/mol. The van der Waals surface area contributed by atoms with Crippen molar-refractivity contribution in [2.45, 2.75) is 26.3 Å². The summed E-state index contributed by atoms with van der Waals surface area (Å²) < 4.78 is 0. The van der Waals surface area contributed by atoms with Gasteiger partial charge >= 0.3 is 0 Å². The van der Waals surface area contributed by atoms with E-state index in [1.807, 2.05) is 24.4 Å². The Morgan fingerprint density at radius 3 is 2.88 bits per heavy atom. The first-order chi connectivity index (χ1) is 12.3. The number of aliphatic imine (C=N–C) groups is 1. The molecule has 0 amide bonds. The Hall–Kier alpha value is -2.40. The first-order valence-electron chi connectivity index (χ1n) is 8.65. The van der Waals surface area contributed by atoms with Crippen molar-refractivity contribution in [2.24, 2.45) is 4.99 Å². The van der Waals surface area contributed by atoms with Crippen LogP contribution in [0.15, 0.2) is 58.3 Å². The standard InChI is InChI=1S/C20H24N4S/c1-3-21-20(23-12-15(2)17-9-11-25-14-17)24-13-19-18-7-5-4-6-16(18)8-10-22-19/h4-11,14-15H,3,12-13H2,1-2H3,(H2,21,23,24). The van der Waals surface area contributed by atoms with E-state index in [1.54, 1.807) is 11.3 Å². The maximum absolute atomic E-state index is 4.72. The summed E-state index contributed by atoms with van der Waals surface area (Å²) in [6.07, 6.45) is 1.85. The second-order valence-electron chi connectivity index (χ2n) is 6.01. The zero-order valence-electron chi connectivity index (χ0n) is 14.7. The SMILES string of the molecule is CCNC(=NCc1nccc2ccccc12)NCC(C)c1ccsc1. The van der Waals surface area contributed by atoms with E-state index in [4.69, 9.17) is 4.99 Å². The Balaban J connectivity index is 1.69. The van der Waals surface area contributed by atoms with Crippen molar-refractivity contribution in [1.82, 2.24) is 15.6 Å². The third-order valence-corrected chi connectivity index (χ3v) is 4.88. The van der Waals surface area contributed by atoms with Crippen LogP contribution in [0.3, 0.4) is 0 Å². The van der Waals surface area contributed by atoms with Crippen LogP contribution in [0.4, 0.5) is 0 Å². The van der Waals surface area contributed by atoms with Crippen molar-refractivity contribution in [2.75, 3.05) is 13.1 Å². The molecule has 3 rings (SSSR count). The molecule has 130 valence electrons. The molecule has 0 radical (unpaired) electrons. The van der Waals surface area contributed by atoms with Crippen LogP contribution in [-0.2, 0) is 6.54 Å². The number of guanidine groups is 1. The molecular weight excluding hydrogens is 328 g/mol. The Bertz CT molecular complexity index is 821. The predicted octanol–water partition coefficient (Wildman–Crippen LogP) is 4.16. The highest BCUT2D eigenvalue weighted by molar-refractivity contribution is 7.07. The molecule has 2 aromatic heterocycles. The summed E-state index contributed by atoms with van der Waals surface area (Å²) in [6, 6.07) is 12.5. The average Bonchev–Trinajstić information content (AvgIpc) is 3.18. The van der Waals surface area contributed by atoms with Gasteiger partial charge in [0.25, 0.3) is 0 Å². The van der Waals surface area contributed by atoms with Gasteiger partial charge in [0, 0.05) is 24.7 Å². The first-order valence-corrected chi connectivity index (χ1v) is 9.59. The van der Waals surface area contributed by atoms with Crippen molar-refractivity contribution in [3.63, 3.8) is 0 Å². The summed E-state index contributed by atoms with van der Waals surface area (Å²) in [5.74, 6) is 1.28. The summed E-state index contributed by atoms with van der Waals surface area (Å²) in [5.41, 5.74) is 2.37. The second-order valence-corrected chi connectivity index (χ2v) is 6.79. The maximum atomic E-state index is 4.72. The summed E-state index contributed by atoms with van der Waals surface area (Å²) in [6.45, 7) is 6.55. The van der Waals surface area contributed by atoms with Crippen molar-refractivity contribution in [1.29, 1.82) is 0 Å². The van der Waals surface area contributed by atoms with Crippen LogP contribution in [0, 0.1) is 0 Å². The highest BCUT2D eigenvalue weighted by Gasteiger charge is 2.07. The number of rotatable bonds is 6. The molecule has 1 unspecified atom stereocenters. The van der Waals surface area contributed by atoms with Gasteiger partial charge in [0.1, 0.15) is 0 Å². The van der Waals surface area contributed by atoms with Gasteiger partial charge in [-0.1, -0.05) is 31.2 Å². The highest BCUT2D eigenvalue weighted by atomic mass is 32.1. The number of pyridine rings is 1. The summed E-state index contributed by atoms with van der Waals surface area (Å²) in [5, 5.41) is 13.4. The molecule has 0 aliphatic carbocycles. The molecule has 1 aromatic carbocycles. The lowest BCUT2D eigenvalue weighted by Gasteiger charge is -2.15. The lowest BCUT2D eigenvalue weighted by Crippen LogP contribution is -2.39. The van der Waals surface area contributed by atoms with Gasteiger partial charge in [0.05, 0.1) is 12.2 Å². The molecule has 0 saturated carbocycles. The monoisotopic (exact) mass is 352 g/mol. The van der Waals surface area contributed by atoms with Crippen molar-refractivity contribution < 1.29 is 0 Å². The second kappa shape index (κ2) is 8.62. The van der Waals surface area contributed by atoms with Crippen LogP contribution in [0.1, 0.15) is 31.0 Å². The number of nitrogens with zero attached hydrogens (tertiary/aromatic N) is 2. The van der Waals surface area contributed by atoms with Gasteiger partial charge in [-0.05, 0) is 46.7 Å². The number of hydrogen-bond acceptors (Lipinski definition) is 3. The van der Waals surface area contributed by atoms with E-state index < -0.39 is 0 Å². The normalized spacial score (nSPS) is 13.0. The quantitative estimate of drug-likeness (QED) is 0.517. The minimum absolute atomic E-state index is 0.450. The van der Waals surface area contributed by atoms with E-state index in [2.05, 4.69) is 58.4 Å². The molecule has 0 aliphatic rings. The van der Waals surface area contributed by atoms with E-state index >= 15 is 0 Å². The Kier molecular flexibility index (Phi) is 6.01. The van der Waals surface area contributed by atoms with E-state index in [-0.39, 0.29) is 0 Å². The molecular formula is C20H24N4S. The lowest BCUT2D eigenvalue weighted by molar-refractivity contribution is 0.701. The topological polar surface area (TPSA) is 49.3 Å². The highest BCUT2D eigenvalue weighted by Crippen LogP contribution is 2.18. The smallest absolute Gasteiger partial charge is 0.191 e. The van der Waals surface area contributed by atoms with Crippen molar-refractivity contribution >= 4 is 28.1 Å². The number of aromatic nitrogens is 1. The van der Waals surface area contributed by atoms with Gasteiger partial charge < -0.3 is 10.6 Å². The number of hydrogen-bond donors (Lipinski definition) is 2. The molecule has 0 spiro atoms. The molecule has 5 heteroatoms. The molecule has 4 nitrogen and oxygen atoms in total. The van der Waals surface area contributed by atoms with Gasteiger partial charge in [-0.3, -0.25) is 4.98 Å². The molecule has 2 N–H and O–H groups in total. The van der Waals surface area contributed by atoms with Crippen LogP contribution in [0.2, 0.25) is 0 Å². The van der Waals surface area contributed by atoms with Crippen LogP contribution >= 0.6 is 11.3 Å². The minimum Gasteiger partial charge on any atom is -0.357 e. The van der Waals surface area contributed by atoms with E-state index in [0.29, 0.717) is 12.5 Å². The lowest BCUT2D eigenvalue weighted by atomic mass is 10.1. The summed E-state index contributed by atoms with van der Waals surface area (Å²) >= 11 is 1.74. The number of fused-ring (bicyclic) bond motifs is 1. The molecule has 1 atom stereocenters. The van der Waals surface area contributed by atoms with Gasteiger partial charge in [-0.25, -0.2) is 4.99 Å². The largest absolute Gasteiger partial charge is 0.357 e. The van der Waals surface area contributed by atoms with Crippen molar-refractivity contribution in [3.05, 3.63) is 64.6 Å². The van der Waals surface area contributed by atoms with Gasteiger partial charge in [0.15, 0.2) is 5.96 Å². The van der Waals surface area contributed by atoms with Crippen molar-refractivity contribution in [3.8, 4) is 0 Å². The van der Waals surface area contributed by atoms with Gasteiger partial charge in [-0.2, -0.15) is 11.3 Å². The number of nitrogens with one attached hydrogen (secondary N) is 2. The van der Waals surface area contributed by atoms with E-state index in [1.165, 1.54) is 10.9 Å². The van der Waals surface area contributed by atoms with Gasteiger partial charge in [-0.15, -0.1) is 0 Å². The molecule has 2 heterocycles. The molecule has 0 saturated heterocycles. The maximum Gasteiger partial charge on any atom is 0.191 e. The fourth-order valence-electron chi connectivity index (χ4n) is 2.73. The molecule has 0 fully saturated rings.